The summed E-state index contributed by atoms with van der Waals surface area (Å²) < 4.78 is 12.0. The molecule has 1 aliphatic heterocycles. The first-order valence-corrected chi connectivity index (χ1v) is 5.81. The van der Waals surface area contributed by atoms with Crippen LogP contribution >= 0.6 is 0 Å². The van der Waals surface area contributed by atoms with Crippen molar-refractivity contribution in [3.63, 3.8) is 0 Å². The van der Waals surface area contributed by atoms with Crippen molar-refractivity contribution < 1.29 is 9.47 Å². The Bertz CT molecular complexity index is 450. The van der Waals surface area contributed by atoms with Crippen LogP contribution in [0.5, 0.6) is 11.5 Å². The zero-order chi connectivity index (χ0) is 11.0. The average molecular weight is 214 g/mol. The van der Waals surface area contributed by atoms with Crippen molar-refractivity contribution in [2.45, 2.75) is 37.9 Å². The first kappa shape index (κ1) is 9.59. The van der Waals surface area contributed by atoms with Crippen molar-refractivity contribution >= 4 is 0 Å². The quantitative estimate of drug-likeness (QED) is 0.618. The Balaban J connectivity index is 1.97. The summed E-state index contributed by atoms with van der Waals surface area (Å²) in [5.41, 5.74) is 0.792. The van der Waals surface area contributed by atoms with E-state index in [9.17, 15) is 0 Å². The smallest absolute Gasteiger partial charge is 0.251 e. The van der Waals surface area contributed by atoms with E-state index in [0.29, 0.717) is 0 Å². The molecule has 2 aliphatic rings. The van der Waals surface area contributed by atoms with Crippen molar-refractivity contribution in [3.05, 3.63) is 23.8 Å². The number of hydrogen-bond acceptors (Lipinski definition) is 2. The topological polar surface area (TPSA) is 18.5 Å². The van der Waals surface area contributed by atoms with Crippen LogP contribution in [-0.4, -0.2) is 5.79 Å². The van der Waals surface area contributed by atoms with E-state index >= 15 is 0 Å². The highest BCUT2D eigenvalue weighted by Gasteiger charge is 2.43. The molecule has 2 nitrogen and oxygen atoms in total. The third-order valence-corrected chi connectivity index (χ3v) is 3.33. The molecule has 0 saturated heterocycles. The van der Waals surface area contributed by atoms with Crippen LogP contribution in [0.1, 0.15) is 37.7 Å². The number of para-hydroxylation sites is 1. The minimum Gasteiger partial charge on any atom is -0.448 e. The van der Waals surface area contributed by atoms with E-state index in [4.69, 9.17) is 15.9 Å². The standard InChI is InChI=1S/C14H14O2/c1-2-11-7-6-8-12-13(11)16-14(15-12)9-4-3-5-10-14/h1,6-8H,3-5,9-10H2. The van der Waals surface area contributed by atoms with E-state index in [0.717, 1.165) is 29.9 Å². The molecule has 0 radical (unpaired) electrons. The van der Waals surface area contributed by atoms with Crippen LogP contribution in [0.25, 0.3) is 0 Å². The van der Waals surface area contributed by atoms with Gasteiger partial charge in [0.05, 0.1) is 5.56 Å². The Morgan fingerprint density at radius 2 is 1.94 bits per heavy atom. The van der Waals surface area contributed by atoms with Crippen molar-refractivity contribution in [1.82, 2.24) is 0 Å². The van der Waals surface area contributed by atoms with Gasteiger partial charge in [-0.25, -0.2) is 0 Å². The van der Waals surface area contributed by atoms with Crippen molar-refractivity contribution in [3.8, 4) is 23.8 Å². The molecule has 1 heterocycles. The Morgan fingerprint density at radius 3 is 2.69 bits per heavy atom. The third-order valence-electron chi connectivity index (χ3n) is 3.33. The highest BCUT2D eigenvalue weighted by Crippen LogP contribution is 2.46. The van der Waals surface area contributed by atoms with E-state index in [1.807, 2.05) is 18.2 Å². The predicted molar refractivity (Wildman–Crippen MR) is 61.4 cm³/mol. The molecule has 0 unspecified atom stereocenters. The molecule has 1 fully saturated rings. The summed E-state index contributed by atoms with van der Waals surface area (Å²) in [4.78, 5) is 0. The van der Waals surface area contributed by atoms with Crippen LogP contribution < -0.4 is 9.47 Å². The highest BCUT2D eigenvalue weighted by atomic mass is 16.7. The zero-order valence-corrected chi connectivity index (χ0v) is 9.16. The molecule has 0 N–H and O–H groups in total. The lowest BCUT2D eigenvalue weighted by Gasteiger charge is -2.31. The Labute approximate surface area is 95.6 Å². The largest absolute Gasteiger partial charge is 0.448 e. The number of fused-ring (bicyclic) bond motifs is 1. The molecule has 16 heavy (non-hydrogen) atoms. The normalized spacial score (nSPS) is 20.7. The van der Waals surface area contributed by atoms with Gasteiger partial charge in [0.2, 0.25) is 0 Å². The van der Waals surface area contributed by atoms with Gasteiger partial charge in [0.1, 0.15) is 0 Å². The summed E-state index contributed by atoms with van der Waals surface area (Å²) in [5, 5.41) is 0. The summed E-state index contributed by atoms with van der Waals surface area (Å²) in [7, 11) is 0. The number of hydrogen-bond donors (Lipinski definition) is 0. The molecule has 0 aromatic heterocycles. The first-order valence-electron chi connectivity index (χ1n) is 5.81. The molecule has 1 aromatic carbocycles. The van der Waals surface area contributed by atoms with Gasteiger partial charge in [-0.1, -0.05) is 18.4 Å². The van der Waals surface area contributed by atoms with Gasteiger partial charge in [0.25, 0.3) is 5.79 Å². The lowest BCUT2D eigenvalue weighted by molar-refractivity contribution is -0.105. The Hall–Kier alpha value is -1.62. The second-order valence-corrected chi connectivity index (χ2v) is 4.45. The number of rotatable bonds is 0. The SMILES string of the molecule is C#Cc1cccc2c1OC1(CCCCC1)O2. The number of benzene rings is 1. The molecule has 2 heteroatoms. The molecule has 1 spiro atoms. The van der Waals surface area contributed by atoms with E-state index < -0.39 is 5.79 Å². The number of ether oxygens (including phenoxy) is 2. The van der Waals surface area contributed by atoms with Crippen LogP contribution in [0.15, 0.2) is 18.2 Å². The summed E-state index contributed by atoms with van der Waals surface area (Å²) in [6, 6.07) is 5.74. The van der Waals surface area contributed by atoms with E-state index in [-0.39, 0.29) is 0 Å². The van der Waals surface area contributed by atoms with Gasteiger partial charge in [0, 0.05) is 12.8 Å². The van der Waals surface area contributed by atoms with Gasteiger partial charge in [-0.15, -0.1) is 6.42 Å². The fourth-order valence-corrected chi connectivity index (χ4v) is 2.52. The first-order chi connectivity index (χ1) is 7.83. The average Bonchev–Trinajstić information content (AvgIpc) is 2.67. The van der Waals surface area contributed by atoms with Crippen molar-refractivity contribution in [2.24, 2.45) is 0 Å². The van der Waals surface area contributed by atoms with Crippen molar-refractivity contribution in [1.29, 1.82) is 0 Å². The molecule has 3 rings (SSSR count). The lowest BCUT2D eigenvalue weighted by atomic mass is 9.94. The van der Waals surface area contributed by atoms with E-state index in [1.165, 1.54) is 19.3 Å². The predicted octanol–water partition coefficient (Wildman–Crippen LogP) is 3.10. The summed E-state index contributed by atoms with van der Waals surface area (Å²) in [6.45, 7) is 0. The number of terminal acetylenes is 1. The fourth-order valence-electron chi connectivity index (χ4n) is 2.52. The third kappa shape index (κ3) is 1.36. The fraction of sp³-hybridized carbons (Fsp3) is 0.429. The van der Waals surface area contributed by atoms with Gasteiger partial charge in [0.15, 0.2) is 11.5 Å². The molecule has 82 valence electrons. The molecule has 1 aliphatic carbocycles. The van der Waals surface area contributed by atoms with E-state index in [1.54, 1.807) is 0 Å². The maximum absolute atomic E-state index is 5.99. The summed E-state index contributed by atoms with van der Waals surface area (Å²) in [6.07, 6.45) is 11.0. The second kappa shape index (κ2) is 3.45. The molecular weight excluding hydrogens is 200 g/mol. The van der Waals surface area contributed by atoms with E-state index in [2.05, 4.69) is 5.92 Å². The summed E-state index contributed by atoms with van der Waals surface area (Å²) >= 11 is 0. The zero-order valence-electron chi connectivity index (χ0n) is 9.16. The Kier molecular flexibility index (Phi) is 2.07. The molecule has 0 amide bonds. The maximum atomic E-state index is 5.99. The van der Waals surface area contributed by atoms with Crippen LogP contribution in [-0.2, 0) is 0 Å². The molecule has 0 bridgehead atoms. The molecule has 1 saturated carbocycles. The molecule has 1 aromatic rings. The minimum atomic E-state index is -0.423. The van der Waals surface area contributed by atoms with Crippen LogP contribution in [0.3, 0.4) is 0 Å². The summed E-state index contributed by atoms with van der Waals surface area (Å²) in [5.74, 6) is 3.78. The lowest BCUT2D eigenvalue weighted by Crippen LogP contribution is -2.40. The van der Waals surface area contributed by atoms with Crippen LogP contribution in [0, 0.1) is 12.3 Å². The second-order valence-electron chi connectivity index (χ2n) is 4.45. The highest BCUT2D eigenvalue weighted by molar-refractivity contribution is 5.55. The van der Waals surface area contributed by atoms with Crippen molar-refractivity contribution in [2.75, 3.05) is 0 Å². The monoisotopic (exact) mass is 214 g/mol. The minimum absolute atomic E-state index is 0.423. The molecular formula is C14H14O2. The van der Waals surface area contributed by atoms with Crippen LogP contribution in [0.2, 0.25) is 0 Å². The Morgan fingerprint density at radius 1 is 1.12 bits per heavy atom. The van der Waals surface area contributed by atoms with Gasteiger partial charge < -0.3 is 9.47 Å². The maximum Gasteiger partial charge on any atom is 0.251 e. The molecule has 0 atom stereocenters. The van der Waals surface area contributed by atoms with Gasteiger partial charge in [-0.3, -0.25) is 0 Å². The van der Waals surface area contributed by atoms with Gasteiger partial charge in [-0.05, 0) is 25.0 Å². The van der Waals surface area contributed by atoms with Gasteiger partial charge >= 0.3 is 0 Å². The van der Waals surface area contributed by atoms with Crippen LogP contribution in [0.4, 0.5) is 0 Å². The van der Waals surface area contributed by atoms with Gasteiger partial charge in [-0.2, -0.15) is 0 Å².